The number of halogens is 3. The van der Waals surface area contributed by atoms with Crippen molar-refractivity contribution < 1.29 is 18.7 Å². The van der Waals surface area contributed by atoms with Crippen LogP contribution in [0, 0.1) is 15.2 Å². The number of carboxylic acid groups (broad SMARTS) is 1. The van der Waals surface area contributed by atoms with Crippen LogP contribution in [0.25, 0.3) is 0 Å². The van der Waals surface area contributed by atoms with Crippen LogP contribution in [-0.2, 0) is 11.2 Å². The summed E-state index contributed by atoms with van der Waals surface area (Å²) in [6.07, 6.45) is -0.426. The summed E-state index contributed by atoms with van der Waals surface area (Å²) < 4.78 is 25.8. The molecule has 1 N–H and O–H groups in total. The lowest BCUT2D eigenvalue weighted by molar-refractivity contribution is -0.136. The molecule has 1 aromatic rings. The molecular formula is C8H5F2IO2. The summed E-state index contributed by atoms with van der Waals surface area (Å²) in [5.74, 6) is -2.65. The number of aliphatic carboxylic acids is 1. The van der Waals surface area contributed by atoms with E-state index in [2.05, 4.69) is 0 Å². The van der Waals surface area contributed by atoms with E-state index in [1.165, 1.54) is 0 Å². The Morgan fingerprint density at radius 1 is 1.46 bits per heavy atom. The van der Waals surface area contributed by atoms with Gasteiger partial charge in [-0.15, -0.1) is 0 Å². The topological polar surface area (TPSA) is 37.3 Å². The zero-order valence-corrected chi connectivity index (χ0v) is 8.51. The van der Waals surface area contributed by atoms with E-state index in [9.17, 15) is 13.6 Å². The molecule has 0 saturated heterocycles. The van der Waals surface area contributed by atoms with Gasteiger partial charge in [-0.3, -0.25) is 4.79 Å². The number of carboxylic acids is 1. The molecule has 0 aromatic heterocycles. The van der Waals surface area contributed by atoms with E-state index in [4.69, 9.17) is 5.11 Å². The highest BCUT2D eigenvalue weighted by molar-refractivity contribution is 14.1. The molecule has 0 amide bonds. The minimum absolute atomic E-state index is 0.0227. The van der Waals surface area contributed by atoms with E-state index < -0.39 is 24.0 Å². The van der Waals surface area contributed by atoms with Crippen LogP contribution >= 0.6 is 22.6 Å². The maximum atomic E-state index is 13.0. The molecule has 0 fully saturated rings. The third-order valence-electron chi connectivity index (χ3n) is 1.43. The maximum Gasteiger partial charge on any atom is 0.307 e. The van der Waals surface area contributed by atoms with Gasteiger partial charge in [-0.1, -0.05) is 0 Å². The minimum atomic E-state index is -1.14. The summed E-state index contributed by atoms with van der Waals surface area (Å²) in [6.45, 7) is 0. The zero-order chi connectivity index (χ0) is 10.0. The smallest absolute Gasteiger partial charge is 0.307 e. The molecule has 1 rings (SSSR count). The van der Waals surface area contributed by atoms with Gasteiger partial charge >= 0.3 is 5.97 Å². The molecule has 0 aliphatic rings. The quantitative estimate of drug-likeness (QED) is 0.850. The summed E-state index contributed by atoms with van der Waals surface area (Å²) in [5, 5.41) is 8.42. The van der Waals surface area contributed by atoms with Crippen LogP contribution in [0.3, 0.4) is 0 Å². The second-order valence-electron chi connectivity index (χ2n) is 2.42. The minimum Gasteiger partial charge on any atom is -0.481 e. The van der Waals surface area contributed by atoms with Crippen molar-refractivity contribution in [2.24, 2.45) is 0 Å². The molecule has 5 heteroatoms. The fourth-order valence-corrected chi connectivity index (χ4v) is 1.64. The molecule has 0 aliphatic carbocycles. The van der Waals surface area contributed by atoms with Crippen molar-refractivity contribution in [1.29, 1.82) is 0 Å². The molecule has 0 bridgehead atoms. The molecule has 0 atom stereocenters. The standard InChI is InChI=1S/C8H5F2IO2/c9-4-1-6(10)5(3-8(12)13)7(11)2-4/h1-2H,3H2,(H,12,13). The number of hydrogen-bond acceptors (Lipinski definition) is 1. The Hall–Kier alpha value is -0.720. The molecule has 13 heavy (non-hydrogen) atoms. The molecule has 1 aromatic carbocycles. The largest absolute Gasteiger partial charge is 0.481 e. The molecule has 0 spiro atoms. The monoisotopic (exact) mass is 298 g/mol. The Morgan fingerprint density at radius 3 is 2.54 bits per heavy atom. The highest BCUT2D eigenvalue weighted by Crippen LogP contribution is 2.18. The lowest BCUT2D eigenvalue weighted by atomic mass is 10.1. The van der Waals surface area contributed by atoms with Crippen LogP contribution in [0.5, 0.6) is 0 Å². The van der Waals surface area contributed by atoms with E-state index in [1.54, 1.807) is 22.6 Å². The predicted octanol–water partition coefficient (Wildman–Crippen LogP) is 2.20. The van der Waals surface area contributed by atoms with Crippen LogP contribution in [0.15, 0.2) is 12.1 Å². The van der Waals surface area contributed by atoms with Gasteiger partial charge in [0.2, 0.25) is 0 Å². The highest BCUT2D eigenvalue weighted by Gasteiger charge is 2.12. The van der Waals surface area contributed by atoms with Crippen molar-refractivity contribution in [1.82, 2.24) is 0 Å². The van der Waals surface area contributed by atoms with Gasteiger partial charge in [-0.05, 0) is 28.7 Å². The fraction of sp³-hybridized carbons (Fsp3) is 0.125. The molecular weight excluding hydrogens is 293 g/mol. The Morgan fingerprint density at radius 2 is 2.08 bits per heavy atom. The van der Waals surface area contributed by atoms with E-state index in [1.807, 2.05) is 0 Å². The summed E-state index contributed by atoms with van der Waals surface area (Å²) >= 11 is 1.70. The van der Waals surface area contributed by atoms with E-state index in [0.717, 1.165) is 6.07 Å². The average molecular weight is 298 g/mol. The van der Waals surface area contributed by atoms with Crippen molar-refractivity contribution in [3.05, 3.63) is 32.9 Å². The Labute approximate surface area is 86.7 Å². The molecule has 70 valence electrons. The van der Waals surface area contributed by atoms with Crippen LogP contribution < -0.4 is 0 Å². The molecule has 0 heterocycles. The lowest BCUT2D eigenvalue weighted by Crippen LogP contribution is -2.05. The van der Waals surface area contributed by atoms with Crippen molar-refractivity contribution in [3.8, 4) is 0 Å². The molecule has 0 unspecified atom stereocenters. The normalized spacial score (nSPS) is 10.1. The highest BCUT2D eigenvalue weighted by atomic mass is 127. The van der Waals surface area contributed by atoms with Crippen LogP contribution in [-0.4, -0.2) is 11.1 Å². The summed E-state index contributed by atoms with van der Waals surface area (Å²) in [7, 11) is 0. The zero-order valence-electron chi connectivity index (χ0n) is 6.35. The third-order valence-corrected chi connectivity index (χ3v) is 2.40. The van der Waals surface area contributed by atoms with Gasteiger partial charge in [0.05, 0.1) is 6.42 Å². The van der Waals surface area contributed by atoms with Gasteiger partial charge in [0.1, 0.15) is 11.6 Å². The first-order chi connectivity index (χ1) is 6.00. The molecule has 0 saturated carbocycles. The number of hydrogen-bond donors (Lipinski definition) is 1. The van der Waals surface area contributed by atoms with Crippen molar-refractivity contribution >= 4 is 28.6 Å². The number of carbonyl (C=O) groups is 1. The van der Waals surface area contributed by atoms with Crippen molar-refractivity contribution in [3.63, 3.8) is 0 Å². The van der Waals surface area contributed by atoms with Crippen molar-refractivity contribution in [2.75, 3.05) is 0 Å². The SMILES string of the molecule is O=C(O)Cc1c(F)cc(F)cc1I. The van der Waals surface area contributed by atoms with Gasteiger partial charge in [0.15, 0.2) is 0 Å². The summed E-state index contributed by atoms with van der Waals surface area (Å²) in [5.41, 5.74) is 0.0227. The number of rotatable bonds is 2. The van der Waals surface area contributed by atoms with E-state index >= 15 is 0 Å². The second kappa shape index (κ2) is 3.99. The van der Waals surface area contributed by atoms with Gasteiger partial charge < -0.3 is 5.11 Å². The third kappa shape index (κ3) is 2.61. The molecule has 2 nitrogen and oxygen atoms in total. The Kier molecular flexibility index (Phi) is 3.18. The first-order valence-electron chi connectivity index (χ1n) is 3.36. The van der Waals surface area contributed by atoms with E-state index in [-0.39, 0.29) is 9.13 Å². The van der Waals surface area contributed by atoms with Crippen LogP contribution in [0.4, 0.5) is 8.78 Å². The Balaban J connectivity index is 3.13. The Bertz CT molecular complexity index is 329. The summed E-state index contributed by atoms with van der Waals surface area (Å²) in [4.78, 5) is 10.3. The second-order valence-corrected chi connectivity index (χ2v) is 3.58. The fourth-order valence-electron chi connectivity index (χ4n) is 0.892. The molecule has 0 aliphatic heterocycles. The van der Waals surface area contributed by atoms with Gasteiger partial charge in [0, 0.05) is 15.2 Å². The number of benzene rings is 1. The van der Waals surface area contributed by atoms with Gasteiger partial charge in [-0.25, -0.2) is 8.78 Å². The van der Waals surface area contributed by atoms with E-state index in [0.29, 0.717) is 6.07 Å². The average Bonchev–Trinajstić information content (AvgIpc) is 1.96. The van der Waals surface area contributed by atoms with Crippen molar-refractivity contribution in [2.45, 2.75) is 6.42 Å². The first kappa shape index (κ1) is 10.4. The van der Waals surface area contributed by atoms with Gasteiger partial charge in [-0.2, -0.15) is 0 Å². The van der Waals surface area contributed by atoms with Crippen LogP contribution in [0.2, 0.25) is 0 Å². The summed E-state index contributed by atoms with van der Waals surface area (Å²) in [6, 6.07) is 1.78. The molecule has 0 radical (unpaired) electrons. The van der Waals surface area contributed by atoms with Gasteiger partial charge in [0.25, 0.3) is 0 Å². The predicted molar refractivity (Wildman–Crippen MR) is 50.4 cm³/mol. The first-order valence-corrected chi connectivity index (χ1v) is 4.44. The van der Waals surface area contributed by atoms with Crippen LogP contribution in [0.1, 0.15) is 5.56 Å². The maximum absolute atomic E-state index is 13.0. The lowest BCUT2D eigenvalue weighted by Gasteiger charge is -2.02.